The second-order valence-corrected chi connectivity index (χ2v) is 5.46. The van der Waals surface area contributed by atoms with Crippen LogP contribution < -0.4 is 10.6 Å². The Hall–Kier alpha value is -1.74. The van der Waals surface area contributed by atoms with Crippen molar-refractivity contribution in [3.05, 3.63) is 35.1 Å². The molecule has 0 fully saturated rings. The van der Waals surface area contributed by atoms with Gasteiger partial charge in [0.25, 0.3) is 0 Å². The minimum atomic E-state index is -0.322. The molecule has 0 heterocycles. The second kappa shape index (κ2) is 10.1. The van der Waals surface area contributed by atoms with Gasteiger partial charge in [0.1, 0.15) is 5.82 Å². The normalized spacial score (nSPS) is 11.0. The van der Waals surface area contributed by atoms with Gasteiger partial charge in [-0.05, 0) is 43.0 Å². The summed E-state index contributed by atoms with van der Waals surface area (Å²) >= 11 is 1.84. The van der Waals surface area contributed by atoms with Crippen molar-refractivity contribution in [2.75, 3.05) is 25.6 Å². The van der Waals surface area contributed by atoms with E-state index in [4.69, 9.17) is 5.26 Å². The Balaban J connectivity index is 2.43. The summed E-state index contributed by atoms with van der Waals surface area (Å²) in [4.78, 5) is 4.09. The lowest BCUT2D eigenvalue weighted by molar-refractivity contribution is 0.604. The van der Waals surface area contributed by atoms with E-state index in [0.717, 1.165) is 25.1 Å². The van der Waals surface area contributed by atoms with Crippen molar-refractivity contribution >= 4 is 17.7 Å². The van der Waals surface area contributed by atoms with Crippen molar-refractivity contribution in [1.29, 1.82) is 5.26 Å². The Morgan fingerprint density at radius 1 is 1.38 bits per heavy atom. The Morgan fingerprint density at radius 3 is 2.86 bits per heavy atom. The van der Waals surface area contributed by atoms with Crippen molar-refractivity contribution in [1.82, 2.24) is 10.6 Å². The monoisotopic (exact) mass is 308 g/mol. The zero-order valence-electron chi connectivity index (χ0n) is 12.4. The van der Waals surface area contributed by atoms with E-state index in [1.807, 2.05) is 17.8 Å². The third kappa shape index (κ3) is 6.50. The number of hydrogen-bond donors (Lipinski definition) is 2. The molecule has 0 aliphatic carbocycles. The van der Waals surface area contributed by atoms with Crippen LogP contribution in [0.3, 0.4) is 0 Å². The van der Waals surface area contributed by atoms with E-state index in [1.165, 1.54) is 12.1 Å². The Kier molecular flexibility index (Phi) is 8.29. The fraction of sp³-hybridized carbons (Fsp3) is 0.467. The number of unbranched alkanes of at least 4 members (excludes halogenated alkanes) is 1. The summed E-state index contributed by atoms with van der Waals surface area (Å²) < 4.78 is 13.6. The number of hydrogen-bond acceptors (Lipinski definition) is 3. The van der Waals surface area contributed by atoms with Gasteiger partial charge < -0.3 is 10.6 Å². The SMILES string of the molecule is CN=C(NCCCCSC)NCc1cc(C#N)ccc1F. The minimum absolute atomic E-state index is 0.297. The van der Waals surface area contributed by atoms with Gasteiger partial charge in [-0.15, -0.1) is 0 Å². The number of benzene rings is 1. The molecule has 21 heavy (non-hydrogen) atoms. The van der Waals surface area contributed by atoms with E-state index >= 15 is 0 Å². The van der Waals surface area contributed by atoms with E-state index < -0.39 is 0 Å². The number of rotatable bonds is 7. The Bertz CT molecular complexity index is 511. The number of nitrogens with one attached hydrogen (secondary N) is 2. The van der Waals surface area contributed by atoms with E-state index in [-0.39, 0.29) is 5.82 Å². The van der Waals surface area contributed by atoms with E-state index in [2.05, 4.69) is 21.9 Å². The van der Waals surface area contributed by atoms with Crippen LogP contribution in [0.1, 0.15) is 24.0 Å². The van der Waals surface area contributed by atoms with Crippen LogP contribution in [-0.4, -0.2) is 31.6 Å². The molecule has 0 aliphatic rings. The smallest absolute Gasteiger partial charge is 0.191 e. The molecule has 0 saturated carbocycles. The molecule has 0 unspecified atom stereocenters. The van der Waals surface area contributed by atoms with E-state index in [1.54, 1.807) is 13.1 Å². The van der Waals surface area contributed by atoms with Crippen LogP contribution in [0, 0.1) is 17.1 Å². The van der Waals surface area contributed by atoms with Gasteiger partial charge in [-0.1, -0.05) is 0 Å². The van der Waals surface area contributed by atoms with Crippen LogP contribution in [0.4, 0.5) is 4.39 Å². The fourth-order valence-electron chi connectivity index (χ4n) is 1.76. The standard InChI is InChI=1S/C15H21FN4S/c1-18-15(19-7-3-4-8-21-2)20-11-13-9-12(10-17)5-6-14(13)16/h5-6,9H,3-4,7-8,11H2,1-2H3,(H2,18,19,20). The first-order valence-electron chi connectivity index (χ1n) is 6.83. The summed E-state index contributed by atoms with van der Waals surface area (Å²) in [5, 5.41) is 15.1. The molecular weight excluding hydrogens is 287 g/mol. The summed E-state index contributed by atoms with van der Waals surface area (Å²) in [6.07, 6.45) is 4.32. The maximum absolute atomic E-state index is 13.6. The highest BCUT2D eigenvalue weighted by Crippen LogP contribution is 2.09. The first kappa shape index (κ1) is 17.3. The van der Waals surface area contributed by atoms with Crippen molar-refractivity contribution in [2.24, 2.45) is 4.99 Å². The Labute approximate surface area is 129 Å². The first-order valence-corrected chi connectivity index (χ1v) is 8.22. The molecule has 1 rings (SSSR count). The van der Waals surface area contributed by atoms with Gasteiger partial charge in [0.2, 0.25) is 0 Å². The third-order valence-corrected chi connectivity index (χ3v) is 3.61. The maximum atomic E-state index is 13.6. The van der Waals surface area contributed by atoms with Crippen molar-refractivity contribution < 1.29 is 4.39 Å². The van der Waals surface area contributed by atoms with E-state index in [9.17, 15) is 4.39 Å². The summed E-state index contributed by atoms with van der Waals surface area (Å²) in [5.74, 6) is 1.47. The number of aliphatic imine (C=N–C) groups is 1. The average Bonchev–Trinajstić information content (AvgIpc) is 2.51. The summed E-state index contributed by atoms with van der Waals surface area (Å²) in [7, 11) is 1.68. The van der Waals surface area contributed by atoms with Crippen LogP contribution in [0.25, 0.3) is 0 Å². The molecule has 0 spiro atoms. The van der Waals surface area contributed by atoms with Crippen molar-refractivity contribution in [2.45, 2.75) is 19.4 Å². The highest BCUT2D eigenvalue weighted by Gasteiger charge is 2.05. The molecule has 0 atom stereocenters. The van der Waals surface area contributed by atoms with Crippen LogP contribution in [0.15, 0.2) is 23.2 Å². The van der Waals surface area contributed by atoms with Crippen LogP contribution in [-0.2, 0) is 6.54 Å². The molecule has 0 aromatic heterocycles. The molecule has 0 bridgehead atoms. The molecule has 0 aliphatic heterocycles. The lowest BCUT2D eigenvalue weighted by Crippen LogP contribution is -2.37. The predicted octanol–water partition coefficient (Wildman–Crippen LogP) is 2.51. The summed E-state index contributed by atoms with van der Waals surface area (Å²) in [6.45, 7) is 1.13. The lowest BCUT2D eigenvalue weighted by atomic mass is 10.1. The molecule has 0 saturated heterocycles. The molecule has 4 nitrogen and oxygen atoms in total. The van der Waals surface area contributed by atoms with Gasteiger partial charge in [-0.3, -0.25) is 4.99 Å². The van der Waals surface area contributed by atoms with Crippen LogP contribution in [0.5, 0.6) is 0 Å². The topological polar surface area (TPSA) is 60.2 Å². The molecule has 0 radical (unpaired) electrons. The zero-order valence-corrected chi connectivity index (χ0v) is 13.3. The van der Waals surface area contributed by atoms with Crippen molar-refractivity contribution in [3.8, 4) is 6.07 Å². The highest BCUT2D eigenvalue weighted by atomic mass is 32.2. The summed E-state index contributed by atoms with van der Waals surface area (Å²) in [6, 6.07) is 6.34. The summed E-state index contributed by atoms with van der Waals surface area (Å²) in [5.41, 5.74) is 0.910. The van der Waals surface area contributed by atoms with Crippen molar-refractivity contribution in [3.63, 3.8) is 0 Å². The van der Waals surface area contributed by atoms with Gasteiger partial charge in [0, 0.05) is 25.7 Å². The first-order chi connectivity index (χ1) is 10.2. The number of halogens is 1. The molecular formula is C15H21FN4S. The minimum Gasteiger partial charge on any atom is -0.356 e. The molecule has 0 amide bonds. The average molecular weight is 308 g/mol. The largest absolute Gasteiger partial charge is 0.356 e. The number of guanidine groups is 1. The fourth-order valence-corrected chi connectivity index (χ4v) is 2.25. The number of nitrogens with zero attached hydrogens (tertiary/aromatic N) is 2. The van der Waals surface area contributed by atoms with Gasteiger partial charge in [0.15, 0.2) is 5.96 Å². The van der Waals surface area contributed by atoms with Gasteiger partial charge >= 0.3 is 0 Å². The molecule has 6 heteroatoms. The Morgan fingerprint density at radius 2 is 2.19 bits per heavy atom. The highest BCUT2D eigenvalue weighted by molar-refractivity contribution is 7.98. The van der Waals surface area contributed by atoms with Crippen LogP contribution >= 0.6 is 11.8 Å². The molecule has 2 N–H and O–H groups in total. The molecule has 1 aromatic carbocycles. The quantitative estimate of drug-likeness (QED) is 0.461. The number of nitriles is 1. The van der Waals surface area contributed by atoms with Gasteiger partial charge in [-0.2, -0.15) is 17.0 Å². The predicted molar refractivity (Wildman–Crippen MR) is 86.9 cm³/mol. The zero-order chi connectivity index (χ0) is 15.5. The molecule has 1 aromatic rings. The van der Waals surface area contributed by atoms with E-state index in [0.29, 0.717) is 23.6 Å². The second-order valence-electron chi connectivity index (χ2n) is 4.47. The van der Waals surface area contributed by atoms with Crippen LogP contribution in [0.2, 0.25) is 0 Å². The maximum Gasteiger partial charge on any atom is 0.191 e. The number of thioether (sulfide) groups is 1. The van der Waals surface area contributed by atoms with Gasteiger partial charge in [0.05, 0.1) is 11.6 Å². The van der Waals surface area contributed by atoms with Gasteiger partial charge in [-0.25, -0.2) is 4.39 Å². The third-order valence-electron chi connectivity index (χ3n) is 2.91. The lowest BCUT2D eigenvalue weighted by Gasteiger charge is -2.12. The molecule has 114 valence electrons.